The van der Waals surface area contributed by atoms with Crippen LogP contribution < -0.4 is 4.74 Å². The van der Waals surface area contributed by atoms with Gasteiger partial charge in [-0.15, -0.1) is 0 Å². The van der Waals surface area contributed by atoms with Gasteiger partial charge in [0.05, 0.1) is 0 Å². The highest BCUT2D eigenvalue weighted by Gasteiger charge is 2.66. The fraction of sp³-hybridized carbons (Fsp3) is 0.682. The first kappa shape index (κ1) is 15.0. The highest BCUT2D eigenvalue weighted by atomic mass is 16.5. The summed E-state index contributed by atoms with van der Waals surface area (Å²) < 4.78 is 5.30. The van der Waals surface area contributed by atoms with Gasteiger partial charge in [-0.25, -0.2) is 0 Å². The summed E-state index contributed by atoms with van der Waals surface area (Å²) in [4.78, 5) is 11.2. The lowest BCUT2D eigenvalue weighted by atomic mass is 9.53. The van der Waals surface area contributed by atoms with E-state index in [0.717, 1.165) is 35.3 Å². The third-order valence-corrected chi connectivity index (χ3v) is 8.35. The minimum Gasteiger partial charge on any atom is -0.427 e. The molecule has 2 nitrogen and oxygen atoms in total. The van der Waals surface area contributed by atoms with Crippen molar-refractivity contribution < 1.29 is 9.53 Å². The van der Waals surface area contributed by atoms with E-state index in [9.17, 15) is 4.79 Å². The Morgan fingerprint density at radius 1 is 1.12 bits per heavy atom. The molecule has 0 saturated heterocycles. The van der Waals surface area contributed by atoms with Gasteiger partial charge in [-0.2, -0.15) is 0 Å². The van der Waals surface area contributed by atoms with Crippen molar-refractivity contribution in [2.45, 2.75) is 71.1 Å². The van der Waals surface area contributed by atoms with Crippen molar-refractivity contribution in [3.05, 3.63) is 29.3 Å². The van der Waals surface area contributed by atoms with E-state index in [1.807, 2.05) is 6.07 Å². The van der Waals surface area contributed by atoms with Crippen LogP contribution >= 0.6 is 0 Å². The Kier molecular flexibility index (Phi) is 3.04. The molecule has 1 aromatic rings. The maximum absolute atomic E-state index is 11.2. The maximum Gasteiger partial charge on any atom is 0.308 e. The lowest BCUT2D eigenvalue weighted by Crippen LogP contribution is -2.42. The Balaban J connectivity index is 1.46. The smallest absolute Gasteiger partial charge is 0.308 e. The van der Waals surface area contributed by atoms with Crippen LogP contribution in [-0.2, 0) is 11.2 Å². The zero-order valence-corrected chi connectivity index (χ0v) is 14.9. The van der Waals surface area contributed by atoms with E-state index in [1.165, 1.54) is 57.4 Å². The normalized spacial score (nSPS) is 38.2. The van der Waals surface area contributed by atoms with Gasteiger partial charge in [0, 0.05) is 6.92 Å². The molecule has 4 atom stereocenters. The number of hydrogen-bond donors (Lipinski definition) is 0. The molecule has 1 aromatic carbocycles. The van der Waals surface area contributed by atoms with Crippen LogP contribution in [0, 0.1) is 22.7 Å². The number of esters is 1. The molecule has 128 valence electrons. The van der Waals surface area contributed by atoms with Crippen molar-refractivity contribution in [2.75, 3.05) is 0 Å². The fourth-order valence-electron chi connectivity index (χ4n) is 6.99. The Labute approximate surface area is 145 Å². The Morgan fingerprint density at radius 3 is 2.71 bits per heavy atom. The first-order valence-corrected chi connectivity index (χ1v) is 9.84. The van der Waals surface area contributed by atoms with Gasteiger partial charge in [-0.1, -0.05) is 13.0 Å². The van der Waals surface area contributed by atoms with E-state index < -0.39 is 0 Å². The minimum absolute atomic E-state index is 0.224. The van der Waals surface area contributed by atoms with Crippen molar-refractivity contribution in [3.63, 3.8) is 0 Å². The van der Waals surface area contributed by atoms with Crippen LogP contribution in [0.3, 0.4) is 0 Å². The molecule has 0 aliphatic heterocycles. The van der Waals surface area contributed by atoms with Crippen LogP contribution in [0.5, 0.6) is 5.75 Å². The van der Waals surface area contributed by atoms with Crippen LogP contribution in [0.25, 0.3) is 0 Å². The molecular formula is C22H28O2. The quantitative estimate of drug-likeness (QED) is 0.521. The second-order valence-electron chi connectivity index (χ2n) is 9.14. The first-order chi connectivity index (χ1) is 11.5. The molecule has 3 fully saturated rings. The SMILES string of the molecule is CC(=O)Oc1ccc2c(c1)CCC1C2CCC2(C)C1CCC21CC1. The standard InChI is InChI=1S/C22H28O2/c1-14(23)24-16-4-6-17-15(13-16)3-5-19-18(17)7-9-21(2)20(19)8-10-22(21)11-12-22/h4,6,13,18-20H,3,5,7-12H2,1-2H3. The van der Waals surface area contributed by atoms with Gasteiger partial charge in [-0.3, -0.25) is 4.79 Å². The van der Waals surface area contributed by atoms with E-state index in [1.54, 1.807) is 5.56 Å². The van der Waals surface area contributed by atoms with E-state index >= 15 is 0 Å². The van der Waals surface area contributed by atoms with Gasteiger partial charge in [0.15, 0.2) is 0 Å². The molecule has 4 unspecified atom stereocenters. The summed E-state index contributed by atoms with van der Waals surface area (Å²) in [5.41, 5.74) is 4.35. The summed E-state index contributed by atoms with van der Waals surface area (Å²) in [6.07, 6.45) is 11.2. The van der Waals surface area contributed by atoms with Crippen molar-refractivity contribution >= 4 is 5.97 Å². The molecule has 4 aliphatic rings. The number of rotatable bonds is 1. The molecule has 3 saturated carbocycles. The molecule has 0 heterocycles. The molecule has 5 rings (SSSR count). The van der Waals surface area contributed by atoms with Crippen LogP contribution in [0.4, 0.5) is 0 Å². The third kappa shape index (κ3) is 1.92. The van der Waals surface area contributed by atoms with Gasteiger partial charge in [0.25, 0.3) is 0 Å². The summed E-state index contributed by atoms with van der Waals surface area (Å²) in [5, 5.41) is 0. The predicted octanol–water partition coefficient (Wildman–Crippen LogP) is 5.25. The number of carbonyl (C=O) groups is 1. The highest BCUT2D eigenvalue weighted by molar-refractivity contribution is 5.69. The molecule has 0 N–H and O–H groups in total. The Bertz CT molecular complexity index is 702. The van der Waals surface area contributed by atoms with E-state index in [-0.39, 0.29) is 5.97 Å². The van der Waals surface area contributed by atoms with Crippen molar-refractivity contribution in [1.82, 2.24) is 0 Å². The van der Waals surface area contributed by atoms with Crippen molar-refractivity contribution in [1.29, 1.82) is 0 Å². The molecule has 2 heteroatoms. The largest absolute Gasteiger partial charge is 0.427 e. The van der Waals surface area contributed by atoms with Crippen LogP contribution in [-0.4, -0.2) is 5.97 Å². The summed E-state index contributed by atoms with van der Waals surface area (Å²) in [6, 6.07) is 6.39. The summed E-state index contributed by atoms with van der Waals surface area (Å²) >= 11 is 0. The number of carbonyl (C=O) groups excluding carboxylic acids is 1. The summed E-state index contributed by atoms with van der Waals surface area (Å²) in [5.74, 6) is 3.07. The molecule has 0 radical (unpaired) electrons. The molecule has 0 amide bonds. The molecule has 24 heavy (non-hydrogen) atoms. The maximum atomic E-state index is 11.2. The van der Waals surface area contributed by atoms with Crippen molar-refractivity contribution in [2.24, 2.45) is 22.7 Å². The van der Waals surface area contributed by atoms with Gasteiger partial charge in [0.2, 0.25) is 0 Å². The van der Waals surface area contributed by atoms with Crippen molar-refractivity contribution in [3.8, 4) is 5.75 Å². The number of aryl methyl sites for hydroxylation is 1. The van der Waals surface area contributed by atoms with E-state index in [0.29, 0.717) is 5.41 Å². The van der Waals surface area contributed by atoms with Gasteiger partial charge in [0.1, 0.15) is 5.75 Å². The lowest BCUT2D eigenvalue weighted by molar-refractivity contribution is -0.131. The molecule has 4 aliphatic carbocycles. The predicted molar refractivity (Wildman–Crippen MR) is 94.0 cm³/mol. The minimum atomic E-state index is -0.224. The van der Waals surface area contributed by atoms with Gasteiger partial charge < -0.3 is 4.74 Å². The number of ether oxygens (including phenoxy) is 1. The second-order valence-corrected chi connectivity index (χ2v) is 9.14. The number of fused-ring (bicyclic) bond motifs is 6. The average Bonchev–Trinajstić information content (AvgIpc) is 3.28. The monoisotopic (exact) mass is 324 g/mol. The van der Waals surface area contributed by atoms with Gasteiger partial charge >= 0.3 is 5.97 Å². The summed E-state index contributed by atoms with van der Waals surface area (Å²) in [7, 11) is 0. The van der Waals surface area contributed by atoms with Crippen LogP contribution in [0.15, 0.2) is 18.2 Å². The summed E-state index contributed by atoms with van der Waals surface area (Å²) in [6.45, 7) is 4.11. The Hall–Kier alpha value is -1.31. The Morgan fingerprint density at radius 2 is 1.96 bits per heavy atom. The van der Waals surface area contributed by atoms with Gasteiger partial charge in [-0.05, 0) is 103 Å². The average molecular weight is 324 g/mol. The van der Waals surface area contributed by atoms with E-state index in [4.69, 9.17) is 4.74 Å². The molecular weight excluding hydrogens is 296 g/mol. The second kappa shape index (κ2) is 4.86. The highest BCUT2D eigenvalue weighted by Crippen LogP contribution is 2.75. The van der Waals surface area contributed by atoms with E-state index in [2.05, 4.69) is 19.1 Å². The van der Waals surface area contributed by atoms with Crippen LogP contribution in [0.1, 0.15) is 75.8 Å². The zero-order chi connectivity index (χ0) is 16.5. The lowest BCUT2D eigenvalue weighted by Gasteiger charge is -2.51. The fourth-order valence-corrected chi connectivity index (χ4v) is 6.99. The zero-order valence-electron chi connectivity index (χ0n) is 14.9. The van der Waals surface area contributed by atoms with Crippen LogP contribution in [0.2, 0.25) is 0 Å². The molecule has 0 bridgehead atoms. The number of benzene rings is 1. The third-order valence-electron chi connectivity index (χ3n) is 8.35. The number of hydrogen-bond acceptors (Lipinski definition) is 2. The first-order valence-electron chi connectivity index (χ1n) is 9.84. The topological polar surface area (TPSA) is 26.3 Å². The molecule has 0 aromatic heterocycles. The molecule has 1 spiro atoms.